The van der Waals surface area contributed by atoms with Crippen LogP contribution in [0.4, 0.5) is 0 Å². The van der Waals surface area contributed by atoms with Crippen molar-refractivity contribution in [2.24, 2.45) is 35.5 Å². The van der Waals surface area contributed by atoms with Crippen molar-refractivity contribution in [2.45, 2.75) is 129 Å². The Balaban J connectivity index is 1.16. The van der Waals surface area contributed by atoms with Crippen LogP contribution < -0.4 is 0 Å². The zero-order chi connectivity index (χ0) is 23.0. The van der Waals surface area contributed by atoms with Gasteiger partial charge in [-0.05, 0) is 75.0 Å². The van der Waals surface area contributed by atoms with Gasteiger partial charge in [0, 0.05) is 0 Å². The van der Waals surface area contributed by atoms with Crippen LogP contribution in [0.25, 0.3) is 0 Å². The Morgan fingerprint density at radius 3 is 1.76 bits per heavy atom. The highest BCUT2D eigenvalue weighted by atomic mass is 16.5. The topological polar surface area (TPSA) is 52.6 Å². The van der Waals surface area contributed by atoms with E-state index in [0.29, 0.717) is 18.4 Å². The van der Waals surface area contributed by atoms with Crippen molar-refractivity contribution in [1.29, 1.82) is 0 Å². The smallest absolute Gasteiger partial charge is 0.310 e. The van der Waals surface area contributed by atoms with E-state index in [1.165, 1.54) is 77.0 Å². The molecule has 0 amide bonds. The molecule has 188 valence electrons. The van der Waals surface area contributed by atoms with Gasteiger partial charge < -0.3 is 9.47 Å². The highest BCUT2D eigenvalue weighted by Gasteiger charge is 2.51. The van der Waals surface area contributed by atoms with Crippen molar-refractivity contribution in [3.05, 3.63) is 0 Å². The van der Waals surface area contributed by atoms with E-state index < -0.39 is 0 Å². The SMILES string of the molecule is CCCCCCCCCCCOC(=O)C1CCCCC1C(=O)OC1C2CC3CC(C2)CC1C3. The Morgan fingerprint density at radius 2 is 1.18 bits per heavy atom. The first-order chi connectivity index (χ1) is 16.2. The summed E-state index contributed by atoms with van der Waals surface area (Å²) >= 11 is 0. The van der Waals surface area contributed by atoms with E-state index in [0.717, 1.165) is 50.4 Å². The van der Waals surface area contributed by atoms with Crippen LogP contribution in [0.2, 0.25) is 0 Å². The maximum Gasteiger partial charge on any atom is 0.310 e. The van der Waals surface area contributed by atoms with Gasteiger partial charge in [-0.15, -0.1) is 0 Å². The molecule has 0 spiro atoms. The Morgan fingerprint density at radius 1 is 0.667 bits per heavy atom. The average molecular weight is 461 g/mol. The van der Waals surface area contributed by atoms with Crippen LogP contribution in [0.15, 0.2) is 0 Å². The first-order valence-electron chi connectivity index (χ1n) is 14.5. The van der Waals surface area contributed by atoms with Gasteiger partial charge >= 0.3 is 11.9 Å². The van der Waals surface area contributed by atoms with Gasteiger partial charge in [0.25, 0.3) is 0 Å². The van der Waals surface area contributed by atoms with Crippen LogP contribution in [0.5, 0.6) is 0 Å². The van der Waals surface area contributed by atoms with Gasteiger partial charge in [-0.3, -0.25) is 9.59 Å². The van der Waals surface area contributed by atoms with Gasteiger partial charge in [-0.25, -0.2) is 0 Å². The van der Waals surface area contributed by atoms with E-state index in [2.05, 4.69) is 6.92 Å². The van der Waals surface area contributed by atoms with Crippen molar-refractivity contribution in [3.8, 4) is 0 Å². The quantitative estimate of drug-likeness (QED) is 0.215. The van der Waals surface area contributed by atoms with Crippen LogP contribution in [-0.2, 0) is 19.1 Å². The summed E-state index contributed by atoms with van der Waals surface area (Å²) in [5.74, 6) is 2.07. The Labute approximate surface area is 201 Å². The number of carbonyl (C=O) groups excluding carboxylic acids is 2. The zero-order valence-electron chi connectivity index (χ0n) is 21.1. The van der Waals surface area contributed by atoms with Crippen LogP contribution >= 0.6 is 0 Å². The molecule has 0 N–H and O–H groups in total. The average Bonchev–Trinajstić information content (AvgIpc) is 2.82. The van der Waals surface area contributed by atoms with Gasteiger partial charge in [0.1, 0.15) is 6.10 Å². The Hall–Kier alpha value is -1.06. The fourth-order valence-electron chi connectivity index (χ4n) is 7.68. The minimum absolute atomic E-state index is 0.0998. The first kappa shape index (κ1) is 25.0. The number of carbonyl (C=O) groups is 2. The molecule has 2 atom stereocenters. The van der Waals surface area contributed by atoms with Gasteiger partial charge in [-0.1, -0.05) is 71.1 Å². The van der Waals surface area contributed by atoms with E-state index >= 15 is 0 Å². The van der Waals surface area contributed by atoms with Crippen molar-refractivity contribution in [1.82, 2.24) is 0 Å². The van der Waals surface area contributed by atoms with Gasteiger partial charge in [0.15, 0.2) is 0 Å². The van der Waals surface area contributed by atoms with Crippen molar-refractivity contribution >= 4 is 11.9 Å². The molecule has 0 radical (unpaired) electrons. The van der Waals surface area contributed by atoms with Crippen LogP contribution in [0.1, 0.15) is 122 Å². The van der Waals surface area contributed by atoms with E-state index in [9.17, 15) is 9.59 Å². The van der Waals surface area contributed by atoms with Crippen molar-refractivity contribution in [2.75, 3.05) is 6.61 Å². The number of unbranched alkanes of at least 4 members (excludes halogenated alkanes) is 8. The fourth-order valence-corrected chi connectivity index (χ4v) is 7.68. The van der Waals surface area contributed by atoms with Crippen LogP contribution in [0.3, 0.4) is 0 Å². The van der Waals surface area contributed by atoms with Gasteiger partial charge in [-0.2, -0.15) is 0 Å². The van der Waals surface area contributed by atoms with E-state index in [1.807, 2.05) is 0 Å². The van der Waals surface area contributed by atoms with Crippen molar-refractivity contribution < 1.29 is 19.1 Å². The summed E-state index contributed by atoms with van der Waals surface area (Å²) in [4.78, 5) is 26.1. The fraction of sp³-hybridized carbons (Fsp3) is 0.931. The van der Waals surface area contributed by atoms with E-state index in [-0.39, 0.29) is 29.9 Å². The largest absolute Gasteiger partial charge is 0.465 e. The highest BCUT2D eigenvalue weighted by molar-refractivity contribution is 5.82. The lowest BCUT2D eigenvalue weighted by molar-refractivity contribution is -0.181. The van der Waals surface area contributed by atoms with Gasteiger partial charge in [0.2, 0.25) is 0 Å². The minimum Gasteiger partial charge on any atom is -0.465 e. The molecule has 5 aliphatic rings. The Kier molecular flexibility index (Phi) is 9.55. The second-order valence-electron chi connectivity index (χ2n) is 11.8. The molecule has 0 saturated heterocycles. The molecule has 4 bridgehead atoms. The second-order valence-corrected chi connectivity index (χ2v) is 11.8. The maximum absolute atomic E-state index is 13.2. The normalized spacial score (nSPS) is 34.9. The third-order valence-corrected chi connectivity index (χ3v) is 9.26. The summed E-state index contributed by atoms with van der Waals surface area (Å²) in [5, 5.41) is 0. The third kappa shape index (κ3) is 6.75. The highest BCUT2D eigenvalue weighted by Crippen LogP contribution is 2.55. The van der Waals surface area contributed by atoms with E-state index in [1.54, 1.807) is 0 Å². The summed E-state index contributed by atoms with van der Waals surface area (Å²) in [6.45, 7) is 2.76. The zero-order valence-corrected chi connectivity index (χ0v) is 21.1. The number of esters is 2. The standard InChI is InChI=1S/C29H48O4/c1-2-3-4-5-6-7-8-9-12-15-32-28(30)25-13-10-11-14-26(25)29(31)33-27-23-17-21-16-22(19-23)20-24(27)18-21/h21-27H,2-20H2,1H3. The van der Waals surface area contributed by atoms with Crippen molar-refractivity contribution in [3.63, 3.8) is 0 Å². The summed E-state index contributed by atoms with van der Waals surface area (Å²) in [6, 6.07) is 0. The summed E-state index contributed by atoms with van der Waals surface area (Å²) in [5.41, 5.74) is 0. The lowest BCUT2D eigenvalue weighted by atomic mass is 9.55. The molecule has 5 aliphatic carbocycles. The lowest BCUT2D eigenvalue weighted by Crippen LogP contribution is -2.51. The maximum atomic E-state index is 13.2. The van der Waals surface area contributed by atoms with Crippen LogP contribution in [-0.4, -0.2) is 24.6 Å². The molecule has 33 heavy (non-hydrogen) atoms. The number of hydrogen-bond donors (Lipinski definition) is 0. The molecule has 2 unspecified atom stereocenters. The molecule has 0 heterocycles. The second kappa shape index (κ2) is 12.6. The molecule has 4 nitrogen and oxygen atoms in total. The predicted molar refractivity (Wildman–Crippen MR) is 131 cm³/mol. The predicted octanol–water partition coefficient (Wildman–Crippen LogP) is 7.23. The first-order valence-corrected chi connectivity index (χ1v) is 14.5. The molecular formula is C29H48O4. The molecule has 0 aromatic carbocycles. The number of hydrogen-bond acceptors (Lipinski definition) is 4. The number of rotatable bonds is 13. The summed E-state index contributed by atoms with van der Waals surface area (Å²) in [7, 11) is 0. The molecule has 0 aromatic heterocycles. The molecule has 5 saturated carbocycles. The van der Waals surface area contributed by atoms with Gasteiger partial charge in [0.05, 0.1) is 18.4 Å². The molecular weight excluding hydrogens is 412 g/mol. The summed E-state index contributed by atoms with van der Waals surface area (Å²) in [6.07, 6.45) is 21.4. The molecule has 5 rings (SSSR count). The Bertz CT molecular complexity index is 601. The third-order valence-electron chi connectivity index (χ3n) is 9.26. The number of ether oxygens (including phenoxy) is 2. The monoisotopic (exact) mass is 460 g/mol. The molecule has 0 aliphatic heterocycles. The molecule has 4 heteroatoms. The van der Waals surface area contributed by atoms with Crippen LogP contribution in [0, 0.1) is 35.5 Å². The van der Waals surface area contributed by atoms with E-state index in [4.69, 9.17) is 9.47 Å². The molecule has 5 fully saturated rings. The minimum atomic E-state index is -0.290. The lowest BCUT2D eigenvalue weighted by Gasteiger charge is -2.53. The molecule has 0 aromatic rings. The summed E-state index contributed by atoms with van der Waals surface area (Å²) < 4.78 is 11.9.